The first-order chi connectivity index (χ1) is 12.9. The molecular formula is C21H45NO6. The van der Waals surface area contributed by atoms with Crippen LogP contribution in [0.15, 0.2) is 0 Å². The molecule has 7 nitrogen and oxygen atoms in total. The third-order valence-corrected chi connectivity index (χ3v) is 6.12. The van der Waals surface area contributed by atoms with Crippen molar-refractivity contribution in [2.24, 2.45) is 29.4 Å². The van der Waals surface area contributed by atoms with E-state index in [1.54, 1.807) is 6.92 Å². The zero-order valence-electron chi connectivity index (χ0n) is 18.8. The molecule has 9 unspecified atom stereocenters. The van der Waals surface area contributed by atoms with E-state index in [1.807, 2.05) is 20.8 Å². The first kappa shape index (κ1) is 27.7. The highest BCUT2D eigenvalue weighted by Crippen LogP contribution is 2.29. The van der Waals surface area contributed by atoms with E-state index in [4.69, 9.17) is 15.2 Å². The Balaban J connectivity index is 5.04. The molecular weight excluding hydrogens is 362 g/mol. The minimum atomic E-state index is -1.05. The Hall–Kier alpha value is -0.280. The number of nitrogens with two attached hydrogens (primary N) is 1. The second kappa shape index (κ2) is 13.1. The molecule has 7 heteroatoms. The minimum absolute atomic E-state index is 0.0485. The number of hydrogen-bond acceptors (Lipinski definition) is 7. The van der Waals surface area contributed by atoms with Gasteiger partial charge >= 0.3 is 0 Å². The summed E-state index contributed by atoms with van der Waals surface area (Å²) in [5.41, 5.74) is 4.75. The van der Waals surface area contributed by atoms with E-state index in [2.05, 4.69) is 6.92 Å². The monoisotopic (exact) mass is 407 g/mol. The Morgan fingerprint density at radius 3 is 2.00 bits per heavy atom. The summed E-state index contributed by atoms with van der Waals surface area (Å²) in [5, 5.41) is 40.4. The van der Waals surface area contributed by atoms with Crippen LogP contribution in [0.4, 0.5) is 0 Å². The van der Waals surface area contributed by atoms with Crippen molar-refractivity contribution in [2.45, 2.75) is 84.4 Å². The molecule has 0 aliphatic rings. The number of methoxy groups -OCH3 is 1. The number of hydrogen-bond donors (Lipinski definition) is 5. The fourth-order valence-electron chi connectivity index (χ4n) is 3.80. The fourth-order valence-corrected chi connectivity index (χ4v) is 3.80. The van der Waals surface area contributed by atoms with Crippen LogP contribution < -0.4 is 5.73 Å². The van der Waals surface area contributed by atoms with Crippen molar-refractivity contribution in [3.05, 3.63) is 0 Å². The summed E-state index contributed by atoms with van der Waals surface area (Å²) in [6.45, 7) is 12.0. The summed E-state index contributed by atoms with van der Waals surface area (Å²) in [5.74, 6) is 0.0552. The molecule has 0 heterocycles. The van der Waals surface area contributed by atoms with Crippen LogP contribution in [-0.2, 0) is 9.47 Å². The summed E-state index contributed by atoms with van der Waals surface area (Å²) in [6.07, 6.45) is -1.71. The average Bonchev–Trinajstić information content (AvgIpc) is 2.68. The van der Waals surface area contributed by atoms with Crippen LogP contribution in [0.1, 0.15) is 54.4 Å². The van der Waals surface area contributed by atoms with Crippen LogP contribution in [0.3, 0.4) is 0 Å². The Bertz CT molecular complexity index is 410. The van der Waals surface area contributed by atoms with Crippen LogP contribution in [0.5, 0.6) is 0 Å². The zero-order valence-corrected chi connectivity index (χ0v) is 18.8. The number of ether oxygens (including phenoxy) is 2. The predicted octanol–water partition coefficient (Wildman–Crippen LogP) is 1.15. The summed E-state index contributed by atoms with van der Waals surface area (Å²) in [7, 11) is 1.49. The molecule has 0 radical (unpaired) electrons. The third-order valence-electron chi connectivity index (χ3n) is 6.12. The number of rotatable bonds is 15. The van der Waals surface area contributed by atoms with Crippen molar-refractivity contribution in [3.8, 4) is 0 Å². The normalized spacial score (nSPS) is 23.1. The lowest BCUT2D eigenvalue weighted by Crippen LogP contribution is -2.48. The molecule has 28 heavy (non-hydrogen) atoms. The molecule has 0 amide bonds. The summed E-state index contributed by atoms with van der Waals surface area (Å²) >= 11 is 0. The van der Waals surface area contributed by atoms with Gasteiger partial charge in [-0.25, -0.2) is 0 Å². The van der Waals surface area contributed by atoms with Crippen molar-refractivity contribution >= 4 is 0 Å². The highest BCUT2D eigenvalue weighted by molar-refractivity contribution is 4.88. The molecule has 9 atom stereocenters. The van der Waals surface area contributed by atoms with E-state index in [1.165, 1.54) is 14.0 Å². The maximum Gasteiger partial charge on any atom is 0.108 e. The standard InChI is InChI=1S/C21H45NO6/c1-13(11-22)10-14(2)18(25)16(4)19(15(3)12-23)28-9-8-21(6,27-7)20(26)17(5)24/h13-20,23-26H,8-12,22H2,1-7H3. The minimum Gasteiger partial charge on any atom is -0.396 e. The molecule has 0 aliphatic carbocycles. The summed E-state index contributed by atoms with van der Waals surface area (Å²) in [4.78, 5) is 0. The van der Waals surface area contributed by atoms with Crippen molar-refractivity contribution in [2.75, 3.05) is 26.9 Å². The lowest BCUT2D eigenvalue weighted by Gasteiger charge is -2.37. The molecule has 0 fully saturated rings. The highest BCUT2D eigenvalue weighted by Gasteiger charge is 2.37. The lowest BCUT2D eigenvalue weighted by atomic mass is 9.81. The van der Waals surface area contributed by atoms with Crippen molar-refractivity contribution in [1.82, 2.24) is 0 Å². The van der Waals surface area contributed by atoms with E-state index in [-0.39, 0.29) is 37.1 Å². The molecule has 6 N–H and O–H groups in total. The van der Waals surface area contributed by atoms with Crippen molar-refractivity contribution in [1.29, 1.82) is 0 Å². The summed E-state index contributed by atoms with van der Waals surface area (Å²) < 4.78 is 11.5. The molecule has 0 bridgehead atoms. The van der Waals surface area contributed by atoms with Crippen LogP contribution >= 0.6 is 0 Å². The van der Waals surface area contributed by atoms with E-state index < -0.39 is 23.9 Å². The molecule has 0 rings (SSSR count). The molecule has 0 aliphatic heterocycles. The third kappa shape index (κ3) is 8.22. The maximum absolute atomic E-state index is 10.8. The van der Waals surface area contributed by atoms with Gasteiger partial charge in [-0.05, 0) is 38.6 Å². The lowest BCUT2D eigenvalue weighted by molar-refractivity contribution is -0.150. The van der Waals surface area contributed by atoms with Crippen molar-refractivity contribution in [3.63, 3.8) is 0 Å². The Kier molecular flexibility index (Phi) is 13.0. The Morgan fingerprint density at radius 2 is 1.57 bits per heavy atom. The maximum atomic E-state index is 10.8. The van der Waals surface area contributed by atoms with Gasteiger partial charge in [0.25, 0.3) is 0 Å². The molecule has 0 aromatic heterocycles. The van der Waals surface area contributed by atoms with Gasteiger partial charge < -0.3 is 35.6 Å². The zero-order chi connectivity index (χ0) is 22.1. The number of aliphatic hydroxyl groups excluding tert-OH is 4. The largest absolute Gasteiger partial charge is 0.396 e. The SMILES string of the molecule is COC(C)(CCOC(C(C)CO)C(C)C(O)C(C)CC(C)CN)C(O)C(C)O. The van der Waals surface area contributed by atoms with Gasteiger partial charge in [-0.3, -0.25) is 0 Å². The molecule has 0 spiro atoms. The Labute approximate surface area is 171 Å². The van der Waals surface area contributed by atoms with Gasteiger partial charge in [0.15, 0.2) is 0 Å². The van der Waals surface area contributed by atoms with Crippen LogP contribution in [0.2, 0.25) is 0 Å². The first-order valence-electron chi connectivity index (χ1n) is 10.5. The summed E-state index contributed by atoms with van der Waals surface area (Å²) in [6, 6.07) is 0. The molecule has 0 saturated carbocycles. The second-order valence-corrected chi connectivity index (χ2v) is 8.85. The fraction of sp³-hybridized carbons (Fsp3) is 1.00. The molecule has 0 saturated heterocycles. The molecule has 0 aromatic rings. The van der Waals surface area contributed by atoms with Crippen molar-refractivity contribution < 1.29 is 29.9 Å². The molecule has 170 valence electrons. The van der Waals surface area contributed by atoms with Crippen LogP contribution in [0, 0.1) is 23.7 Å². The van der Waals surface area contributed by atoms with Crippen LogP contribution in [-0.4, -0.2) is 77.3 Å². The number of aliphatic hydroxyl groups is 4. The highest BCUT2D eigenvalue weighted by atomic mass is 16.5. The van der Waals surface area contributed by atoms with Gasteiger partial charge in [0, 0.05) is 38.6 Å². The van der Waals surface area contributed by atoms with Gasteiger partial charge in [0.2, 0.25) is 0 Å². The smallest absolute Gasteiger partial charge is 0.108 e. The average molecular weight is 408 g/mol. The topological polar surface area (TPSA) is 125 Å². The van der Waals surface area contributed by atoms with E-state index in [9.17, 15) is 20.4 Å². The van der Waals surface area contributed by atoms with E-state index >= 15 is 0 Å². The van der Waals surface area contributed by atoms with Gasteiger partial charge in [-0.15, -0.1) is 0 Å². The van der Waals surface area contributed by atoms with E-state index in [0.29, 0.717) is 18.9 Å². The van der Waals surface area contributed by atoms with Gasteiger partial charge in [-0.2, -0.15) is 0 Å². The molecule has 0 aromatic carbocycles. The van der Waals surface area contributed by atoms with Gasteiger partial charge in [-0.1, -0.05) is 27.7 Å². The quantitative estimate of drug-likeness (QED) is 0.276. The van der Waals surface area contributed by atoms with Gasteiger partial charge in [0.1, 0.15) is 6.10 Å². The van der Waals surface area contributed by atoms with Crippen LogP contribution in [0.25, 0.3) is 0 Å². The first-order valence-corrected chi connectivity index (χ1v) is 10.5. The second-order valence-electron chi connectivity index (χ2n) is 8.85. The Morgan fingerprint density at radius 1 is 1.00 bits per heavy atom. The predicted molar refractivity (Wildman–Crippen MR) is 111 cm³/mol. The van der Waals surface area contributed by atoms with Gasteiger partial charge in [0.05, 0.1) is 23.9 Å². The van der Waals surface area contributed by atoms with E-state index in [0.717, 1.165) is 6.42 Å².